The summed E-state index contributed by atoms with van der Waals surface area (Å²) in [7, 11) is -3.76. The predicted molar refractivity (Wildman–Crippen MR) is 146 cm³/mol. The molecule has 1 saturated heterocycles. The van der Waals surface area contributed by atoms with E-state index >= 15 is 0 Å². The highest BCUT2D eigenvalue weighted by Crippen LogP contribution is 2.31. The van der Waals surface area contributed by atoms with E-state index in [1.54, 1.807) is 17.9 Å². The number of rotatable bonds is 9. The van der Waals surface area contributed by atoms with Crippen molar-refractivity contribution in [3.63, 3.8) is 0 Å². The molecular formula is C28H28FN3O4S2. The topological polar surface area (TPSA) is 79.8 Å². The highest BCUT2D eigenvalue weighted by Gasteiger charge is 2.28. The van der Waals surface area contributed by atoms with Gasteiger partial charge in [-0.2, -0.15) is 4.31 Å². The maximum atomic E-state index is 13.8. The van der Waals surface area contributed by atoms with E-state index in [0.717, 1.165) is 18.4 Å². The molecule has 2 heterocycles. The molecule has 0 spiro atoms. The maximum absolute atomic E-state index is 13.8. The Kier molecular flexibility index (Phi) is 7.85. The molecule has 5 rings (SSSR count). The van der Waals surface area contributed by atoms with Crippen molar-refractivity contribution in [2.45, 2.75) is 37.3 Å². The van der Waals surface area contributed by atoms with Crippen LogP contribution in [0.15, 0.2) is 77.7 Å². The van der Waals surface area contributed by atoms with E-state index in [2.05, 4.69) is 4.98 Å². The van der Waals surface area contributed by atoms with Gasteiger partial charge < -0.3 is 4.74 Å². The third-order valence-corrected chi connectivity index (χ3v) is 9.50. The van der Waals surface area contributed by atoms with Gasteiger partial charge in [0.05, 0.1) is 27.8 Å². The average Bonchev–Trinajstić information content (AvgIpc) is 3.60. The van der Waals surface area contributed by atoms with Gasteiger partial charge in [-0.15, -0.1) is 0 Å². The fourth-order valence-electron chi connectivity index (χ4n) is 4.47. The van der Waals surface area contributed by atoms with Gasteiger partial charge in [0, 0.05) is 25.3 Å². The van der Waals surface area contributed by atoms with E-state index in [0.29, 0.717) is 40.6 Å². The zero-order chi connectivity index (χ0) is 26.7. The lowest BCUT2D eigenvalue weighted by Crippen LogP contribution is -2.37. The first-order valence-electron chi connectivity index (χ1n) is 12.5. The fraction of sp³-hybridized carbons (Fsp3) is 0.286. The van der Waals surface area contributed by atoms with Gasteiger partial charge in [-0.3, -0.25) is 9.69 Å². The summed E-state index contributed by atoms with van der Waals surface area (Å²) in [5.41, 5.74) is 1.83. The fourth-order valence-corrected chi connectivity index (χ4v) is 6.90. The van der Waals surface area contributed by atoms with Crippen LogP contribution in [0.2, 0.25) is 0 Å². The molecule has 0 radical (unpaired) electrons. The summed E-state index contributed by atoms with van der Waals surface area (Å²) in [6, 6.07) is 19.7. The van der Waals surface area contributed by atoms with E-state index in [4.69, 9.17) is 4.74 Å². The van der Waals surface area contributed by atoms with Crippen molar-refractivity contribution < 1.29 is 22.3 Å². The number of nitrogens with zero attached hydrogens (tertiary/aromatic N) is 3. The molecule has 1 aromatic heterocycles. The van der Waals surface area contributed by atoms with Gasteiger partial charge in [0.2, 0.25) is 10.0 Å². The second-order valence-electron chi connectivity index (χ2n) is 9.10. The van der Waals surface area contributed by atoms with Crippen molar-refractivity contribution >= 4 is 42.6 Å². The Morgan fingerprint density at radius 3 is 2.55 bits per heavy atom. The minimum Gasteiger partial charge on any atom is -0.376 e. The molecule has 1 aliphatic rings. The molecule has 4 aromatic rings. The number of carbonyl (C=O) groups excluding carboxylic acids is 1. The van der Waals surface area contributed by atoms with Crippen LogP contribution in [0.4, 0.5) is 9.52 Å². The minimum absolute atomic E-state index is 0.118. The lowest BCUT2D eigenvalue weighted by Gasteiger charge is -2.23. The van der Waals surface area contributed by atoms with Crippen LogP contribution in [-0.2, 0) is 21.3 Å². The van der Waals surface area contributed by atoms with Crippen molar-refractivity contribution in [1.29, 1.82) is 0 Å². The highest BCUT2D eigenvalue weighted by atomic mass is 32.2. The first-order valence-corrected chi connectivity index (χ1v) is 14.7. The molecule has 0 aliphatic carbocycles. The number of sulfonamides is 1. The van der Waals surface area contributed by atoms with E-state index in [-0.39, 0.29) is 29.3 Å². The Morgan fingerprint density at radius 1 is 1.11 bits per heavy atom. The molecule has 1 fully saturated rings. The molecule has 0 bridgehead atoms. The number of hydrogen-bond donors (Lipinski definition) is 0. The summed E-state index contributed by atoms with van der Waals surface area (Å²) < 4.78 is 48.3. The van der Waals surface area contributed by atoms with E-state index in [9.17, 15) is 17.6 Å². The number of fused-ring (bicyclic) bond motifs is 1. The molecule has 198 valence electrons. The van der Waals surface area contributed by atoms with Crippen LogP contribution in [0, 0.1) is 5.82 Å². The van der Waals surface area contributed by atoms with Gasteiger partial charge in [-0.05, 0) is 60.9 Å². The molecule has 1 aliphatic heterocycles. The van der Waals surface area contributed by atoms with Gasteiger partial charge in [0.15, 0.2) is 5.13 Å². The van der Waals surface area contributed by atoms with Crippen molar-refractivity contribution in [3.05, 3.63) is 89.7 Å². The number of carbonyl (C=O) groups is 1. The summed E-state index contributed by atoms with van der Waals surface area (Å²) in [6.45, 7) is 3.31. The van der Waals surface area contributed by atoms with Crippen molar-refractivity contribution in [2.75, 3.05) is 24.6 Å². The second kappa shape index (κ2) is 11.3. The van der Waals surface area contributed by atoms with Gasteiger partial charge in [-0.1, -0.05) is 48.6 Å². The molecule has 1 unspecified atom stereocenters. The Labute approximate surface area is 225 Å². The number of aromatic nitrogens is 1. The molecule has 0 N–H and O–H groups in total. The van der Waals surface area contributed by atoms with Crippen LogP contribution in [0.25, 0.3) is 10.2 Å². The van der Waals surface area contributed by atoms with Crippen LogP contribution < -0.4 is 4.90 Å². The number of thiazole rings is 1. The number of benzene rings is 3. The number of ether oxygens (including phenoxy) is 1. The van der Waals surface area contributed by atoms with Gasteiger partial charge >= 0.3 is 0 Å². The minimum atomic E-state index is -3.76. The Hall–Kier alpha value is -3.18. The molecular weight excluding hydrogens is 525 g/mol. The van der Waals surface area contributed by atoms with E-state index in [1.165, 1.54) is 52.0 Å². The molecule has 0 saturated carbocycles. The normalized spacial score (nSPS) is 15.8. The smallest absolute Gasteiger partial charge is 0.260 e. The molecule has 10 heteroatoms. The van der Waals surface area contributed by atoms with Crippen molar-refractivity contribution in [2.24, 2.45) is 0 Å². The third kappa shape index (κ3) is 5.63. The number of anilines is 1. The first-order chi connectivity index (χ1) is 18.3. The second-order valence-corrected chi connectivity index (χ2v) is 12.0. The Balaban J connectivity index is 1.41. The summed E-state index contributed by atoms with van der Waals surface area (Å²) in [5.74, 6) is -0.685. The van der Waals surface area contributed by atoms with Crippen LogP contribution in [0.3, 0.4) is 0 Å². The molecule has 1 atom stereocenters. The van der Waals surface area contributed by atoms with E-state index < -0.39 is 10.0 Å². The molecule has 3 aromatic carbocycles. The monoisotopic (exact) mass is 553 g/mol. The quantitative estimate of drug-likeness (QED) is 0.275. The number of amides is 1. The third-order valence-electron chi connectivity index (χ3n) is 6.52. The van der Waals surface area contributed by atoms with Crippen molar-refractivity contribution in [3.8, 4) is 0 Å². The summed E-state index contributed by atoms with van der Waals surface area (Å²) in [5, 5.41) is 0.447. The maximum Gasteiger partial charge on any atom is 0.260 e. The SMILES string of the molecule is CCN(Cc1ccccc1)S(=O)(=O)c1ccc(C(=O)N(CC2CCCO2)c2nc3ccc(F)cc3s2)cc1. The van der Waals surface area contributed by atoms with Crippen molar-refractivity contribution in [1.82, 2.24) is 9.29 Å². The summed E-state index contributed by atoms with van der Waals surface area (Å²) in [4.78, 5) is 19.9. The van der Waals surface area contributed by atoms with Gasteiger partial charge in [0.1, 0.15) is 5.82 Å². The van der Waals surface area contributed by atoms with Crippen LogP contribution in [0.5, 0.6) is 0 Å². The van der Waals surface area contributed by atoms with Crippen LogP contribution in [-0.4, -0.2) is 49.4 Å². The molecule has 38 heavy (non-hydrogen) atoms. The highest BCUT2D eigenvalue weighted by molar-refractivity contribution is 7.89. The van der Waals surface area contributed by atoms with E-state index in [1.807, 2.05) is 30.3 Å². The van der Waals surface area contributed by atoms with Gasteiger partial charge in [0.25, 0.3) is 5.91 Å². The predicted octanol–water partition coefficient (Wildman–Crippen LogP) is 5.47. The van der Waals surface area contributed by atoms with Crippen LogP contribution in [0.1, 0.15) is 35.7 Å². The average molecular weight is 554 g/mol. The molecule has 1 amide bonds. The zero-order valence-electron chi connectivity index (χ0n) is 20.9. The lowest BCUT2D eigenvalue weighted by atomic mass is 10.2. The lowest BCUT2D eigenvalue weighted by molar-refractivity contribution is 0.0917. The summed E-state index contributed by atoms with van der Waals surface area (Å²) in [6.07, 6.45) is 1.62. The Morgan fingerprint density at radius 2 is 1.87 bits per heavy atom. The first kappa shape index (κ1) is 26.4. The number of halogens is 1. The Bertz CT molecular complexity index is 1520. The van der Waals surface area contributed by atoms with Crippen LogP contribution >= 0.6 is 11.3 Å². The zero-order valence-corrected chi connectivity index (χ0v) is 22.6. The number of hydrogen-bond acceptors (Lipinski definition) is 6. The summed E-state index contributed by atoms with van der Waals surface area (Å²) >= 11 is 1.24. The largest absolute Gasteiger partial charge is 0.376 e. The molecule has 7 nitrogen and oxygen atoms in total. The van der Waals surface area contributed by atoms with Gasteiger partial charge in [-0.25, -0.2) is 17.8 Å². The standard InChI is InChI=1S/C28H28FN3O4S2/c1-2-31(18-20-7-4-3-5-8-20)38(34,35)24-13-10-21(11-14-24)27(33)32(19-23-9-6-16-36-23)28-30-25-15-12-22(29)17-26(25)37-28/h3-5,7-8,10-15,17,23H,2,6,9,16,18-19H2,1H3.